The molecule has 1 aliphatic rings. The maximum Gasteiger partial charge on any atom is 0.0410 e. The molecule has 1 N–H and O–H groups in total. The van der Waals surface area contributed by atoms with Crippen molar-refractivity contribution in [3.63, 3.8) is 0 Å². The Labute approximate surface area is 138 Å². The number of nitrogens with one attached hydrogen (secondary N) is 1. The summed E-state index contributed by atoms with van der Waals surface area (Å²) < 4.78 is 1.09. The minimum Gasteiger partial charge on any atom is -0.319 e. The van der Waals surface area contributed by atoms with Crippen LogP contribution >= 0.6 is 15.9 Å². The first-order valence-corrected chi connectivity index (χ1v) is 8.93. The second-order valence-corrected chi connectivity index (χ2v) is 8.59. The zero-order valence-corrected chi connectivity index (χ0v) is 15.4. The predicted octanol–water partition coefficient (Wildman–Crippen LogP) is 4.68. The molecule has 2 nitrogen and oxygen atoms in total. The quantitative estimate of drug-likeness (QED) is 0.850. The number of hydrogen-bond acceptors (Lipinski definition) is 2. The molecule has 21 heavy (non-hydrogen) atoms. The van der Waals surface area contributed by atoms with Crippen molar-refractivity contribution in [1.82, 2.24) is 10.3 Å². The van der Waals surface area contributed by atoms with Crippen LogP contribution in [-0.2, 0) is 6.42 Å². The summed E-state index contributed by atoms with van der Waals surface area (Å²) in [5.74, 6) is 2.41. The third-order valence-corrected chi connectivity index (χ3v) is 5.52. The molecule has 0 spiro atoms. The molecule has 3 heteroatoms. The summed E-state index contributed by atoms with van der Waals surface area (Å²) in [6.45, 7) is 8.33. The van der Waals surface area contributed by atoms with Gasteiger partial charge in [0.05, 0.1) is 0 Å². The molecule has 1 aliphatic carbocycles. The van der Waals surface area contributed by atoms with Crippen LogP contribution < -0.4 is 5.32 Å². The van der Waals surface area contributed by atoms with Gasteiger partial charge in [0.25, 0.3) is 0 Å². The summed E-state index contributed by atoms with van der Waals surface area (Å²) in [5, 5.41) is 3.39. The van der Waals surface area contributed by atoms with Crippen LogP contribution in [0.5, 0.6) is 0 Å². The van der Waals surface area contributed by atoms with Gasteiger partial charge in [0, 0.05) is 16.9 Å². The molecule has 2 rings (SSSR count). The highest BCUT2D eigenvalue weighted by atomic mass is 79.9. The smallest absolute Gasteiger partial charge is 0.0410 e. The third kappa shape index (κ3) is 4.79. The Bertz CT molecular complexity index is 453. The van der Waals surface area contributed by atoms with E-state index in [0.29, 0.717) is 5.41 Å². The Morgan fingerprint density at radius 1 is 1.24 bits per heavy atom. The number of halogens is 1. The summed E-state index contributed by atoms with van der Waals surface area (Å²) in [6, 6.07) is 2.23. The van der Waals surface area contributed by atoms with Crippen LogP contribution in [0.3, 0.4) is 0 Å². The van der Waals surface area contributed by atoms with Crippen LogP contribution in [0.15, 0.2) is 22.9 Å². The van der Waals surface area contributed by atoms with Crippen LogP contribution in [0.1, 0.15) is 45.6 Å². The molecular formula is C18H29BrN2. The Balaban J connectivity index is 2.10. The van der Waals surface area contributed by atoms with Gasteiger partial charge >= 0.3 is 0 Å². The molecule has 0 saturated heterocycles. The number of hydrogen-bond donors (Lipinski definition) is 1. The number of rotatable bonds is 4. The highest BCUT2D eigenvalue weighted by molar-refractivity contribution is 9.10. The van der Waals surface area contributed by atoms with Gasteiger partial charge in [-0.05, 0) is 90.0 Å². The Hall–Kier alpha value is -0.410. The summed E-state index contributed by atoms with van der Waals surface area (Å²) in [7, 11) is 2.08. The van der Waals surface area contributed by atoms with Crippen molar-refractivity contribution in [2.45, 2.75) is 46.5 Å². The first kappa shape index (κ1) is 17.0. The molecule has 1 heterocycles. The second kappa shape index (κ2) is 7.23. The molecule has 0 radical (unpaired) electrons. The zero-order valence-electron chi connectivity index (χ0n) is 13.8. The van der Waals surface area contributed by atoms with Crippen molar-refractivity contribution in [3.8, 4) is 0 Å². The van der Waals surface area contributed by atoms with Crippen molar-refractivity contribution >= 4 is 15.9 Å². The summed E-state index contributed by atoms with van der Waals surface area (Å²) >= 11 is 3.54. The lowest BCUT2D eigenvalue weighted by Gasteiger charge is -2.42. The van der Waals surface area contributed by atoms with Gasteiger partial charge in [0.15, 0.2) is 0 Å². The van der Waals surface area contributed by atoms with Crippen molar-refractivity contribution in [2.24, 2.45) is 23.2 Å². The molecule has 1 fully saturated rings. The molecule has 118 valence electrons. The average molecular weight is 353 g/mol. The maximum atomic E-state index is 4.33. The van der Waals surface area contributed by atoms with E-state index in [0.717, 1.165) is 35.2 Å². The van der Waals surface area contributed by atoms with Crippen molar-refractivity contribution in [3.05, 3.63) is 28.5 Å². The number of nitrogens with zero attached hydrogens (tertiary/aromatic N) is 1. The van der Waals surface area contributed by atoms with Crippen LogP contribution in [-0.4, -0.2) is 18.6 Å². The Kier molecular flexibility index (Phi) is 5.84. The van der Waals surface area contributed by atoms with Gasteiger partial charge in [-0.1, -0.05) is 20.8 Å². The minimum atomic E-state index is 0.429. The molecule has 0 aromatic carbocycles. The first-order valence-electron chi connectivity index (χ1n) is 8.14. The van der Waals surface area contributed by atoms with E-state index in [1.807, 2.05) is 12.4 Å². The van der Waals surface area contributed by atoms with E-state index < -0.39 is 0 Å². The summed E-state index contributed by atoms with van der Waals surface area (Å²) in [4.78, 5) is 4.33. The van der Waals surface area contributed by atoms with E-state index in [2.05, 4.69) is 60.1 Å². The van der Waals surface area contributed by atoms with E-state index in [4.69, 9.17) is 0 Å². The Morgan fingerprint density at radius 2 is 2.00 bits per heavy atom. The van der Waals surface area contributed by atoms with E-state index in [1.54, 1.807) is 0 Å². The standard InChI is InChI=1S/C18H29BrN2/c1-18(2,3)16-6-5-14(11-20-4)15(9-16)7-13-8-17(19)12-21-10-13/h8,10,12,14-16,20H,5-7,9,11H2,1-4H3. The fraction of sp³-hybridized carbons (Fsp3) is 0.722. The van der Waals surface area contributed by atoms with E-state index in [-0.39, 0.29) is 0 Å². The Morgan fingerprint density at radius 3 is 2.62 bits per heavy atom. The predicted molar refractivity (Wildman–Crippen MR) is 93.3 cm³/mol. The largest absolute Gasteiger partial charge is 0.319 e. The van der Waals surface area contributed by atoms with Crippen LogP contribution in [0, 0.1) is 23.2 Å². The fourth-order valence-corrected chi connectivity index (χ4v) is 4.18. The van der Waals surface area contributed by atoms with Gasteiger partial charge in [0.1, 0.15) is 0 Å². The molecule has 0 amide bonds. The molecule has 3 atom stereocenters. The molecular weight excluding hydrogens is 324 g/mol. The zero-order chi connectivity index (χ0) is 15.5. The monoisotopic (exact) mass is 352 g/mol. The van der Waals surface area contributed by atoms with Gasteiger partial charge in [0.2, 0.25) is 0 Å². The van der Waals surface area contributed by atoms with Crippen molar-refractivity contribution < 1.29 is 0 Å². The molecule has 1 aromatic heterocycles. The highest BCUT2D eigenvalue weighted by Gasteiger charge is 2.35. The molecule has 3 unspecified atom stereocenters. The molecule has 1 aromatic rings. The molecule has 0 aliphatic heterocycles. The van der Waals surface area contributed by atoms with Gasteiger partial charge < -0.3 is 5.32 Å². The van der Waals surface area contributed by atoms with Gasteiger partial charge in [-0.3, -0.25) is 4.98 Å². The van der Waals surface area contributed by atoms with E-state index >= 15 is 0 Å². The van der Waals surface area contributed by atoms with Gasteiger partial charge in [-0.15, -0.1) is 0 Å². The third-order valence-electron chi connectivity index (χ3n) is 5.09. The van der Waals surface area contributed by atoms with Gasteiger partial charge in [-0.2, -0.15) is 0 Å². The number of pyridine rings is 1. The van der Waals surface area contributed by atoms with E-state index in [9.17, 15) is 0 Å². The van der Waals surface area contributed by atoms with Crippen LogP contribution in [0.25, 0.3) is 0 Å². The van der Waals surface area contributed by atoms with Crippen LogP contribution in [0.4, 0.5) is 0 Å². The SMILES string of the molecule is CNCC1CCC(C(C)(C)C)CC1Cc1cncc(Br)c1. The topological polar surface area (TPSA) is 24.9 Å². The number of aromatic nitrogens is 1. The normalized spacial score (nSPS) is 26.8. The molecule has 0 bridgehead atoms. The summed E-state index contributed by atoms with van der Waals surface area (Å²) in [5.41, 5.74) is 1.79. The highest BCUT2D eigenvalue weighted by Crippen LogP contribution is 2.43. The minimum absolute atomic E-state index is 0.429. The van der Waals surface area contributed by atoms with E-state index in [1.165, 1.54) is 24.8 Å². The van der Waals surface area contributed by atoms with Gasteiger partial charge in [-0.25, -0.2) is 0 Å². The average Bonchev–Trinajstić information content (AvgIpc) is 2.40. The first-order chi connectivity index (χ1) is 9.90. The second-order valence-electron chi connectivity index (χ2n) is 7.67. The summed E-state index contributed by atoms with van der Waals surface area (Å²) in [6.07, 6.45) is 9.14. The lowest BCUT2D eigenvalue weighted by atomic mass is 9.64. The van der Waals surface area contributed by atoms with Crippen molar-refractivity contribution in [1.29, 1.82) is 0 Å². The lowest BCUT2D eigenvalue weighted by molar-refractivity contribution is 0.0980. The molecule has 1 saturated carbocycles. The lowest BCUT2D eigenvalue weighted by Crippen LogP contribution is -2.36. The maximum absolute atomic E-state index is 4.33. The fourth-order valence-electron chi connectivity index (χ4n) is 3.76. The van der Waals surface area contributed by atoms with Crippen molar-refractivity contribution in [2.75, 3.05) is 13.6 Å². The van der Waals surface area contributed by atoms with Crippen LogP contribution in [0.2, 0.25) is 0 Å².